The van der Waals surface area contributed by atoms with E-state index in [1.807, 2.05) is 0 Å². The molecule has 21 heavy (non-hydrogen) atoms. The Balaban J connectivity index is 0.00000161. The number of benzene rings is 1. The van der Waals surface area contributed by atoms with Crippen molar-refractivity contribution in [2.75, 3.05) is 13.1 Å². The molecule has 0 unspecified atom stereocenters. The predicted molar refractivity (Wildman–Crippen MR) is 99.3 cm³/mol. The quantitative estimate of drug-likeness (QED) is 0.468. The van der Waals surface area contributed by atoms with Crippen LogP contribution in [0.4, 0.5) is 0 Å². The topological polar surface area (TPSA) is 41.6 Å². The molecule has 0 atom stereocenters. The SMILES string of the molecule is I.NC(=NC1CC(c2ccccc2)C1)N1CCCCCC1. The first kappa shape index (κ1) is 16.6. The van der Waals surface area contributed by atoms with Crippen LogP contribution in [0.1, 0.15) is 50.0 Å². The van der Waals surface area contributed by atoms with Crippen molar-refractivity contribution in [1.82, 2.24) is 4.90 Å². The minimum Gasteiger partial charge on any atom is -0.370 e. The van der Waals surface area contributed by atoms with E-state index in [0.29, 0.717) is 12.0 Å². The summed E-state index contributed by atoms with van der Waals surface area (Å²) < 4.78 is 0. The van der Waals surface area contributed by atoms with Crippen molar-refractivity contribution in [2.24, 2.45) is 10.7 Å². The molecule has 1 aromatic rings. The number of guanidine groups is 1. The van der Waals surface area contributed by atoms with Crippen LogP contribution in [-0.4, -0.2) is 30.0 Å². The number of halogens is 1. The van der Waals surface area contributed by atoms with E-state index in [9.17, 15) is 0 Å². The first-order valence-corrected chi connectivity index (χ1v) is 7.96. The van der Waals surface area contributed by atoms with Gasteiger partial charge >= 0.3 is 0 Å². The molecule has 1 saturated carbocycles. The van der Waals surface area contributed by atoms with Gasteiger partial charge in [-0.15, -0.1) is 24.0 Å². The molecule has 0 radical (unpaired) electrons. The van der Waals surface area contributed by atoms with Crippen LogP contribution < -0.4 is 5.73 Å². The highest BCUT2D eigenvalue weighted by molar-refractivity contribution is 14.0. The van der Waals surface area contributed by atoms with Gasteiger partial charge in [0.05, 0.1) is 6.04 Å². The van der Waals surface area contributed by atoms with Crippen LogP contribution in [0, 0.1) is 0 Å². The first-order valence-electron chi connectivity index (χ1n) is 7.96. The average molecular weight is 399 g/mol. The maximum atomic E-state index is 6.19. The van der Waals surface area contributed by atoms with Gasteiger partial charge in [-0.2, -0.15) is 0 Å². The summed E-state index contributed by atoms with van der Waals surface area (Å²) in [7, 11) is 0. The van der Waals surface area contributed by atoms with Crippen LogP contribution in [0.3, 0.4) is 0 Å². The van der Waals surface area contributed by atoms with Crippen molar-refractivity contribution in [3.8, 4) is 0 Å². The van der Waals surface area contributed by atoms with E-state index in [1.54, 1.807) is 0 Å². The molecular weight excluding hydrogens is 373 g/mol. The van der Waals surface area contributed by atoms with E-state index >= 15 is 0 Å². The summed E-state index contributed by atoms with van der Waals surface area (Å²) in [6, 6.07) is 11.2. The Morgan fingerprint density at radius 3 is 2.24 bits per heavy atom. The Kier molecular flexibility index (Phi) is 6.33. The monoisotopic (exact) mass is 399 g/mol. The zero-order valence-corrected chi connectivity index (χ0v) is 14.9. The van der Waals surface area contributed by atoms with Crippen LogP contribution in [0.15, 0.2) is 35.3 Å². The van der Waals surface area contributed by atoms with Gasteiger partial charge in [-0.05, 0) is 37.2 Å². The second-order valence-corrected chi connectivity index (χ2v) is 6.12. The fraction of sp³-hybridized carbons (Fsp3) is 0.588. The van der Waals surface area contributed by atoms with Crippen LogP contribution in [0.25, 0.3) is 0 Å². The van der Waals surface area contributed by atoms with Crippen molar-refractivity contribution in [3.05, 3.63) is 35.9 Å². The highest BCUT2D eigenvalue weighted by Gasteiger charge is 2.30. The van der Waals surface area contributed by atoms with E-state index in [2.05, 4.69) is 35.2 Å². The fourth-order valence-corrected chi connectivity index (χ4v) is 3.26. The smallest absolute Gasteiger partial charge is 0.191 e. The molecular formula is C17H26IN3. The molecule has 0 bridgehead atoms. The summed E-state index contributed by atoms with van der Waals surface area (Å²) in [6.45, 7) is 2.17. The summed E-state index contributed by atoms with van der Waals surface area (Å²) in [6.07, 6.45) is 7.49. The van der Waals surface area contributed by atoms with E-state index in [4.69, 9.17) is 10.7 Å². The number of hydrogen-bond acceptors (Lipinski definition) is 1. The van der Waals surface area contributed by atoms with Gasteiger partial charge < -0.3 is 10.6 Å². The van der Waals surface area contributed by atoms with E-state index in [1.165, 1.54) is 31.2 Å². The number of rotatable bonds is 2. The molecule has 4 heteroatoms. The molecule has 2 aliphatic rings. The largest absolute Gasteiger partial charge is 0.370 e. The van der Waals surface area contributed by atoms with Crippen LogP contribution in [0.5, 0.6) is 0 Å². The third kappa shape index (κ3) is 4.34. The number of nitrogens with two attached hydrogens (primary N) is 1. The zero-order valence-electron chi connectivity index (χ0n) is 12.6. The highest BCUT2D eigenvalue weighted by Crippen LogP contribution is 2.38. The van der Waals surface area contributed by atoms with Gasteiger partial charge in [0.1, 0.15) is 0 Å². The lowest BCUT2D eigenvalue weighted by molar-refractivity contribution is 0.344. The Hall–Kier alpha value is -0.780. The van der Waals surface area contributed by atoms with E-state index in [-0.39, 0.29) is 24.0 Å². The van der Waals surface area contributed by atoms with Gasteiger partial charge in [-0.1, -0.05) is 43.2 Å². The third-order valence-electron chi connectivity index (χ3n) is 4.63. The number of nitrogens with zero attached hydrogens (tertiary/aromatic N) is 2. The van der Waals surface area contributed by atoms with Crippen LogP contribution in [0.2, 0.25) is 0 Å². The van der Waals surface area contributed by atoms with Crippen molar-refractivity contribution in [2.45, 2.75) is 50.5 Å². The molecule has 3 rings (SSSR count). The fourth-order valence-electron chi connectivity index (χ4n) is 3.26. The molecule has 116 valence electrons. The second kappa shape index (κ2) is 8.01. The summed E-state index contributed by atoms with van der Waals surface area (Å²) >= 11 is 0. The Morgan fingerprint density at radius 2 is 1.62 bits per heavy atom. The molecule has 1 heterocycles. The van der Waals surface area contributed by atoms with Gasteiger partial charge in [-0.3, -0.25) is 0 Å². The number of likely N-dealkylation sites (tertiary alicyclic amines) is 1. The van der Waals surface area contributed by atoms with Gasteiger partial charge in [0.25, 0.3) is 0 Å². The molecule has 1 aliphatic heterocycles. The predicted octanol–water partition coefficient (Wildman–Crippen LogP) is 3.74. The Bertz CT molecular complexity index is 446. The molecule has 1 aromatic carbocycles. The van der Waals surface area contributed by atoms with Crippen molar-refractivity contribution in [3.63, 3.8) is 0 Å². The second-order valence-electron chi connectivity index (χ2n) is 6.12. The lowest BCUT2D eigenvalue weighted by Gasteiger charge is -2.34. The molecule has 2 fully saturated rings. The summed E-state index contributed by atoms with van der Waals surface area (Å²) in [5, 5.41) is 0. The lowest BCUT2D eigenvalue weighted by atomic mass is 9.76. The van der Waals surface area contributed by atoms with Gasteiger partial charge in [0, 0.05) is 13.1 Å². The van der Waals surface area contributed by atoms with E-state index in [0.717, 1.165) is 31.9 Å². The Labute approximate surface area is 145 Å². The zero-order chi connectivity index (χ0) is 13.8. The molecule has 3 nitrogen and oxygen atoms in total. The summed E-state index contributed by atoms with van der Waals surface area (Å²) in [5.41, 5.74) is 7.64. The summed E-state index contributed by atoms with van der Waals surface area (Å²) in [5.74, 6) is 1.46. The maximum Gasteiger partial charge on any atom is 0.191 e. The minimum atomic E-state index is 0. The molecule has 0 spiro atoms. The lowest BCUT2D eigenvalue weighted by Crippen LogP contribution is -2.40. The Morgan fingerprint density at radius 1 is 1.00 bits per heavy atom. The van der Waals surface area contributed by atoms with Crippen molar-refractivity contribution >= 4 is 29.9 Å². The highest BCUT2D eigenvalue weighted by atomic mass is 127. The van der Waals surface area contributed by atoms with Crippen LogP contribution >= 0.6 is 24.0 Å². The molecule has 2 N–H and O–H groups in total. The molecule has 0 amide bonds. The van der Waals surface area contributed by atoms with Crippen molar-refractivity contribution in [1.29, 1.82) is 0 Å². The van der Waals surface area contributed by atoms with Gasteiger partial charge in [-0.25, -0.2) is 4.99 Å². The normalized spacial score (nSPS) is 26.5. The van der Waals surface area contributed by atoms with Crippen molar-refractivity contribution < 1.29 is 0 Å². The molecule has 1 saturated heterocycles. The average Bonchev–Trinajstić information content (AvgIpc) is 2.72. The maximum absolute atomic E-state index is 6.19. The summed E-state index contributed by atoms with van der Waals surface area (Å²) in [4.78, 5) is 7.02. The minimum absolute atomic E-state index is 0. The molecule has 0 aromatic heterocycles. The standard InChI is InChI=1S/C17H25N3.HI/c18-17(20-10-6-1-2-7-11-20)19-16-12-15(13-16)14-8-4-3-5-9-14;/h3-5,8-9,15-16H,1-2,6-7,10-13H2,(H2,18,19);1H. The first-order chi connectivity index (χ1) is 9.83. The van der Waals surface area contributed by atoms with E-state index < -0.39 is 0 Å². The number of aliphatic imine (C=N–C) groups is 1. The number of hydrogen-bond donors (Lipinski definition) is 1. The van der Waals surface area contributed by atoms with Gasteiger partial charge in [0.15, 0.2) is 5.96 Å². The molecule has 1 aliphatic carbocycles. The van der Waals surface area contributed by atoms with Crippen LogP contribution in [-0.2, 0) is 0 Å². The third-order valence-corrected chi connectivity index (χ3v) is 4.63. The van der Waals surface area contributed by atoms with Gasteiger partial charge in [0.2, 0.25) is 0 Å².